The lowest BCUT2D eigenvalue weighted by Crippen LogP contribution is -2.47. The van der Waals surface area contributed by atoms with Crippen LogP contribution >= 0.6 is 0 Å². The first kappa shape index (κ1) is 13.7. The Morgan fingerprint density at radius 3 is 2.27 bits per heavy atom. The van der Waals surface area contributed by atoms with Gasteiger partial charge in [-0.05, 0) is 26.7 Å². The van der Waals surface area contributed by atoms with Crippen LogP contribution in [-0.4, -0.2) is 29.2 Å². The van der Waals surface area contributed by atoms with Gasteiger partial charge in [-0.2, -0.15) is 0 Å². The van der Waals surface area contributed by atoms with E-state index in [4.69, 9.17) is 5.11 Å². The van der Waals surface area contributed by atoms with Gasteiger partial charge in [-0.25, -0.2) is 4.79 Å². The summed E-state index contributed by atoms with van der Waals surface area (Å²) >= 11 is 0. The van der Waals surface area contributed by atoms with Crippen LogP contribution in [0.25, 0.3) is 0 Å². The molecule has 3 N–H and O–H groups in total. The maximum Gasteiger partial charge on any atom is 0.315 e. The maximum atomic E-state index is 11.3. The number of hydrogen-bond donors (Lipinski definition) is 3. The van der Waals surface area contributed by atoms with Gasteiger partial charge in [0.2, 0.25) is 0 Å². The average molecular weight is 216 g/mol. The Labute approximate surface area is 90.2 Å². The van der Waals surface area contributed by atoms with Gasteiger partial charge in [0.05, 0.1) is 0 Å². The highest BCUT2D eigenvalue weighted by Gasteiger charge is 2.14. The molecule has 0 aromatic carbocycles. The largest absolute Gasteiger partial charge is 0.481 e. The molecule has 0 saturated heterocycles. The number of carboxylic acids is 1. The van der Waals surface area contributed by atoms with Crippen molar-refractivity contribution in [2.24, 2.45) is 5.92 Å². The van der Waals surface area contributed by atoms with E-state index in [-0.39, 0.29) is 23.9 Å². The van der Waals surface area contributed by atoms with Gasteiger partial charge in [0, 0.05) is 18.5 Å². The minimum absolute atomic E-state index is 0.0618. The Hall–Kier alpha value is -1.26. The Bertz CT molecular complexity index is 233. The van der Waals surface area contributed by atoms with Gasteiger partial charge in [-0.1, -0.05) is 6.92 Å². The van der Waals surface area contributed by atoms with Gasteiger partial charge in [0.15, 0.2) is 0 Å². The second-order valence-electron chi connectivity index (χ2n) is 4.79. The van der Waals surface area contributed by atoms with Crippen molar-refractivity contribution in [3.8, 4) is 0 Å². The van der Waals surface area contributed by atoms with Crippen molar-refractivity contribution >= 4 is 12.0 Å². The van der Waals surface area contributed by atoms with Gasteiger partial charge in [-0.15, -0.1) is 0 Å². The van der Waals surface area contributed by atoms with Crippen LogP contribution in [0.1, 0.15) is 34.1 Å². The van der Waals surface area contributed by atoms with Gasteiger partial charge in [0.1, 0.15) is 0 Å². The summed E-state index contributed by atoms with van der Waals surface area (Å²) in [4.78, 5) is 21.6. The van der Waals surface area contributed by atoms with Crippen molar-refractivity contribution in [3.05, 3.63) is 0 Å². The van der Waals surface area contributed by atoms with Crippen LogP contribution in [0.15, 0.2) is 0 Å². The van der Waals surface area contributed by atoms with Crippen LogP contribution in [0.4, 0.5) is 4.79 Å². The molecule has 0 aliphatic rings. The second kappa shape index (κ2) is 5.58. The van der Waals surface area contributed by atoms with E-state index in [0.29, 0.717) is 6.54 Å². The van der Waals surface area contributed by atoms with Gasteiger partial charge < -0.3 is 15.7 Å². The Kier molecular flexibility index (Phi) is 5.11. The number of carbonyl (C=O) groups excluding carboxylic acids is 1. The third-order valence-electron chi connectivity index (χ3n) is 1.62. The summed E-state index contributed by atoms with van der Waals surface area (Å²) in [5.74, 6) is -0.909. The zero-order valence-electron chi connectivity index (χ0n) is 9.76. The SMILES string of the molecule is CC(CNC(=O)NC(C)(C)C)CC(=O)O. The molecule has 2 amide bonds. The molecular weight excluding hydrogens is 196 g/mol. The van der Waals surface area contributed by atoms with Crippen LogP contribution in [0, 0.1) is 5.92 Å². The molecule has 0 aromatic rings. The fraction of sp³-hybridized carbons (Fsp3) is 0.800. The normalized spacial score (nSPS) is 13.1. The lowest BCUT2D eigenvalue weighted by Gasteiger charge is -2.21. The number of carboxylic acid groups (broad SMARTS) is 1. The molecule has 0 bridgehead atoms. The third kappa shape index (κ3) is 9.05. The number of urea groups is 1. The van der Waals surface area contributed by atoms with Gasteiger partial charge in [0.25, 0.3) is 0 Å². The summed E-state index contributed by atoms with van der Waals surface area (Å²) in [5.41, 5.74) is -0.278. The Morgan fingerprint density at radius 1 is 1.33 bits per heavy atom. The van der Waals surface area contributed by atoms with Gasteiger partial charge >= 0.3 is 12.0 Å². The van der Waals surface area contributed by atoms with Crippen molar-refractivity contribution < 1.29 is 14.7 Å². The molecule has 1 unspecified atom stereocenters. The molecule has 0 fully saturated rings. The lowest BCUT2D eigenvalue weighted by atomic mass is 10.1. The van der Waals surface area contributed by atoms with Crippen LogP contribution < -0.4 is 10.6 Å². The van der Waals surface area contributed by atoms with E-state index in [0.717, 1.165) is 0 Å². The zero-order chi connectivity index (χ0) is 12.1. The molecular formula is C10H20N2O3. The average Bonchev–Trinajstić information content (AvgIpc) is 1.96. The first-order valence-corrected chi connectivity index (χ1v) is 4.98. The summed E-state index contributed by atoms with van der Waals surface area (Å²) in [6.45, 7) is 7.80. The lowest BCUT2D eigenvalue weighted by molar-refractivity contribution is -0.137. The molecule has 0 heterocycles. The molecule has 15 heavy (non-hydrogen) atoms. The van der Waals surface area contributed by atoms with E-state index in [9.17, 15) is 9.59 Å². The van der Waals surface area contributed by atoms with Crippen LogP contribution in [-0.2, 0) is 4.79 Å². The minimum atomic E-state index is -0.847. The molecule has 0 radical (unpaired) electrons. The highest BCUT2D eigenvalue weighted by atomic mass is 16.4. The zero-order valence-corrected chi connectivity index (χ0v) is 9.76. The molecule has 0 aliphatic heterocycles. The monoisotopic (exact) mass is 216 g/mol. The number of rotatable bonds is 4. The van der Waals surface area contributed by atoms with Crippen molar-refractivity contribution in [1.82, 2.24) is 10.6 Å². The number of aliphatic carboxylic acids is 1. The molecule has 0 aliphatic carbocycles. The third-order valence-corrected chi connectivity index (χ3v) is 1.62. The van der Waals surface area contributed by atoms with Crippen molar-refractivity contribution in [1.29, 1.82) is 0 Å². The van der Waals surface area contributed by atoms with E-state index in [2.05, 4.69) is 10.6 Å². The molecule has 88 valence electrons. The van der Waals surface area contributed by atoms with Gasteiger partial charge in [-0.3, -0.25) is 4.79 Å². The van der Waals surface area contributed by atoms with E-state index >= 15 is 0 Å². The predicted octanol–water partition coefficient (Wildman–Crippen LogP) is 1.19. The molecule has 0 aromatic heterocycles. The first-order valence-electron chi connectivity index (χ1n) is 4.98. The smallest absolute Gasteiger partial charge is 0.315 e. The molecule has 0 spiro atoms. The van der Waals surface area contributed by atoms with E-state index in [1.165, 1.54) is 0 Å². The van der Waals surface area contributed by atoms with E-state index < -0.39 is 5.97 Å². The van der Waals surface area contributed by atoms with E-state index in [1.54, 1.807) is 6.92 Å². The quantitative estimate of drug-likeness (QED) is 0.660. The van der Waals surface area contributed by atoms with Crippen molar-refractivity contribution in [3.63, 3.8) is 0 Å². The maximum absolute atomic E-state index is 11.3. The number of hydrogen-bond acceptors (Lipinski definition) is 2. The van der Waals surface area contributed by atoms with Crippen LogP contribution in [0.5, 0.6) is 0 Å². The summed E-state index contributed by atoms with van der Waals surface area (Å²) in [6, 6.07) is -0.264. The summed E-state index contributed by atoms with van der Waals surface area (Å²) < 4.78 is 0. The number of amides is 2. The predicted molar refractivity (Wildman–Crippen MR) is 57.7 cm³/mol. The Balaban J connectivity index is 3.76. The fourth-order valence-corrected chi connectivity index (χ4v) is 1.02. The summed E-state index contributed by atoms with van der Waals surface area (Å²) in [5, 5.41) is 13.9. The molecule has 0 saturated carbocycles. The highest BCUT2D eigenvalue weighted by molar-refractivity contribution is 5.74. The molecule has 1 atom stereocenters. The second-order valence-corrected chi connectivity index (χ2v) is 4.79. The molecule has 5 nitrogen and oxygen atoms in total. The highest BCUT2D eigenvalue weighted by Crippen LogP contribution is 2.00. The Morgan fingerprint density at radius 2 is 1.87 bits per heavy atom. The molecule has 5 heteroatoms. The standard InChI is InChI=1S/C10H20N2O3/c1-7(5-8(13)14)6-11-9(15)12-10(2,3)4/h7H,5-6H2,1-4H3,(H,13,14)(H2,11,12,15). The number of carbonyl (C=O) groups is 2. The summed E-state index contributed by atoms with van der Waals surface area (Å²) in [7, 11) is 0. The van der Waals surface area contributed by atoms with Crippen molar-refractivity contribution in [2.45, 2.75) is 39.7 Å². The topological polar surface area (TPSA) is 78.4 Å². The van der Waals surface area contributed by atoms with Crippen molar-refractivity contribution in [2.75, 3.05) is 6.54 Å². The first-order chi connectivity index (χ1) is 6.70. The van der Waals surface area contributed by atoms with Crippen LogP contribution in [0.2, 0.25) is 0 Å². The summed E-state index contributed by atoms with van der Waals surface area (Å²) in [6.07, 6.45) is 0.0653. The number of nitrogens with one attached hydrogen (secondary N) is 2. The van der Waals surface area contributed by atoms with Crippen LogP contribution in [0.3, 0.4) is 0 Å². The van der Waals surface area contributed by atoms with E-state index in [1.807, 2.05) is 20.8 Å². The fourth-order valence-electron chi connectivity index (χ4n) is 1.02. The molecule has 0 rings (SSSR count). The minimum Gasteiger partial charge on any atom is -0.481 e.